The van der Waals surface area contributed by atoms with Gasteiger partial charge in [0.15, 0.2) is 0 Å². The van der Waals surface area contributed by atoms with Gasteiger partial charge in [-0.2, -0.15) is 5.10 Å². The van der Waals surface area contributed by atoms with Gasteiger partial charge in [0.05, 0.1) is 12.2 Å². The van der Waals surface area contributed by atoms with Gasteiger partial charge in [-0.3, -0.25) is 4.68 Å². The predicted molar refractivity (Wildman–Crippen MR) is 82.4 cm³/mol. The molecule has 2 aromatic rings. The molecule has 19 heavy (non-hydrogen) atoms. The minimum Gasteiger partial charge on any atom is -0.309 e. The molecule has 0 saturated carbocycles. The van der Waals surface area contributed by atoms with Crippen molar-refractivity contribution in [1.82, 2.24) is 15.1 Å². The highest BCUT2D eigenvalue weighted by molar-refractivity contribution is 9.10. The van der Waals surface area contributed by atoms with Crippen molar-refractivity contribution < 1.29 is 0 Å². The van der Waals surface area contributed by atoms with E-state index in [9.17, 15) is 0 Å². The summed E-state index contributed by atoms with van der Waals surface area (Å²) in [4.78, 5) is 0. The van der Waals surface area contributed by atoms with Gasteiger partial charge in [0.1, 0.15) is 0 Å². The molecule has 1 heterocycles. The molecule has 0 aliphatic carbocycles. The van der Waals surface area contributed by atoms with E-state index in [1.165, 1.54) is 26.7 Å². The average molecular weight is 322 g/mol. The SMILES string of the molecule is CCn1cc(C(NC)c2cc(C)c(Br)c(C)c2)cn1. The van der Waals surface area contributed by atoms with Crippen LogP contribution in [0, 0.1) is 13.8 Å². The average Bonchev–Trinajstić information content (AvgIpc) is 2.85. The Kier molecular flexibility index (Phi) is 4.42. The lowest BCUT2D eigenvalue weighted by molar-refractivity contribution is 0.653. The quantitative estimate of drug-likeness (QED) is 0.932. The number of nitrogens with zero attached hydrogens (tertiary/aromatic N) is 2. The maximum absolute atomic E-state index is 4.36. The largest absolute Gasteiger partial charge is 0.309 e. The number of aromatic nitrogens is 2. The van der Waals surface area contributed by atoms with E-state index in [4.69, 9.17) is 0 Å². The van der Waals surface area contributed by atoms with Crippen LogP contribution in [-0.4, -0.2) is 16.8 Å². The number of nitrogens with one attached hydrogen (secondary N) is 1. The van der Waals surface area contributed by atoms with Crippen LogP contribution in [0.3, 0.4) is 0 Å². The molecule has 4 heteroatoms. The van der Waals surface area contributed by atoms with Crippen LogP contribution in [-0.2, 0) is 6.54 Å². The molecule has 1 N–H and O–H groups in total. The molecule has 0 amide bonds. The summed E-state index contributed by atoms with van der Waals surface area (Å²) in [6.07, 6.45) is 4.05. The summed E-state index contributed by atoms with van der Waals surface area (Å²) in [7, 11) is 1.99. The zero-order valence-corrected chi connectivity index (χ0v) is 13.5. The van der Waals surface area contributed by atoms with E-state index < -0.39 is 0 Å². The molecule has 0 spiro atoms. The van der Waals surface area contributed by atoms with Crippen LogP contribution in [0.2, 0.25) is 0 Å². The molecule has 102 valence electrons. The maximum atomic E-state index is 4.36. The summed E-state index contributed by atoms with van der Waals surface area (Å²) in [5.41, 5.74) is 5.00. The van der Waals surface area contributed by atoms with Crippen molar-refractivity contribution in [3.8, 4) is 0 Å². The lowest BCUT2D eigenvalue weighted by Crippen LogP contribution is -2.17. The third kappa shape index (κ3) is 2.90. The van der Waals surface area contributed by atoms with E-state index in [2.05, 4.69) is 65.4 Å². The molecule has 1 aromatic carbocycles. The van der Waals surface area contributed by atoms with E-state index in [-0.39, 0.29) is 6.04 Å². The first-order valence-corrected chi connectivity index (χ1v) is 7.32. The van der Waals surface area contributed by atoms with E-state index in [0.717, 1.165) is 6.54 Å². The van der Waals surface area contributed by atoms with Crippen LogP contribution in [0.25, 0.3) is 0 Å². The van der Waals surface area contributed by atoms with Crippen LogP contribution in [0.4, 0.5) is 0 Å². The fourth-order valence-corrected chi connectivity index (χ4v) is 2.60. The lowest BCUT2D eigenvalue weighted by atomic mass is 9.98. The van der Waals surface area contributed by atoms with Gasteiger partial charge in [-0.15, -0.1) is 0 Å². The second-order valence-corrected chi connectivity index (χ2v) is 5.61. The number of aryl methyl sites for hydroxylation is 3. The van der Waals surface area contributed by atoms with Crippen molar-refractivity contribution in [3.63, 3.8) is 0 Å². The van der Waals surface area contributed by atoms with Gasteiger partial charge in [0, 0.05) is 22.8 Å². The van der Waals surface area contributed by atoms with Gasteiger partial charge in [0.2, 0.25) is 0 Å². The smallest absolute Gasteiger partial charge is 0.0605 e. The third-order valence-corrected chi connectivity index (χ3v) is 4.64. The van der Waals surface area contributed by atoms with Gasteiger partial charge in [0.25, 0.3) is 0 Å². The Morgan fingerprint density at radius 3 is 2.37 bits per heavy atom. The van der Waals surface area contributed by atoms with Crippen molar-refractivity contribution in [2.75, 3.05) is 7.05 Å². The number of rotatable bonds is 4. The molecule has 3 nitrogen and oxygen atoms in total. The summed E-state index contributed by atoms with van der Waals surface area (Å²) in [6.45, 7) is 7.25. The fourth-order valence-electron chi connectivity index (χ4n) is 2.37. The standard InChI is InChI=1S/C15H20BrN3/c1-5-19-9-13(8-18-19)15(17-4)12-6-10(2)14(16)11(3)7-12/h6-9,15,17H,5H2,1-4H3. The summed E-state index contributed by atoms with van der Waals surface area (Å²) in [5, 5.41) is 7.74. The first-order chi connectivity index (χ1) is 9.06. The number of hydrogen-bond acceptors (Lipinski definition) is 2. The predicted octanol–water partition coefficient (Wildman–Crippen LogP) is 3.59. The first-order valence-electron chi connectivity index (χ1n) is 6.53. The minimum atomic E-state index is 0.186. The van der Waals surface area contributed by atoms with Crippen molar-refractivity contribution >= 4 is 15.9 Å². The van der Waals surface area contributed by atoms with Crippen LogP contribution in [0.5, 0.6) is 0 Å². The lowest BCUT2D eigenvalue weighted by Gasteiger charge is -2.17. The first kappa shape index (κ1) is 14.3. The van der Waals surface area contributed by atoms with E-state index in [0.29, 0.717) is 0 Å². The Hall–Kier alpha value is -1.13. The molecule has 1 atom stereocenters. The summed E-state index contributed by atoms with van der Waals surface area (Å²) >= 11 is 3.62. The molecular weight excluding hydrogens is 302 g/mol. The monoisotopic (exact) mass is 321 g/mol. The minimum absolute atomic E-state index is 0.186. The van der Waals surface area contributed by atoms with Gasteiger partial charge >= 0.3 is 0 Å². The summed E-state index contributed by atoms with van der Waals surface area (Å²) in [6, 6.07) is 4.63. The van der Waals surface area contributed by atoms with Crippen LogP contribution in [0.15, 0.2) is 29.0 Å². The molecule has 1 unspecified atom stereocenters. The van der Waals surface area contributed by atoms with Gasteiger partial charge in [-0.1, -0.05) is 28.1 Å². The molecule has 0 radical (unpaired) electrons. The van der Waals surface area contributed by atoms with Crippen LogP contribution >= 0.6 is 15.9 Å². The van der Waals surface area contributed by atoms with E-state index in [1.807, 2.05) is 17.9 Å². The van der Waals surface area contributed by atoms with Crippen molar-refractivity contribution in [1.29, 1.82) is 0 Å². The van der Waals surface area contributed by atoms with Crippen molar-refractivity contribution in [2.24, 2.45) is 0 Å². The Labute approximate surface area is 123 Å². The highest BCUT2D eigenvalue weighted by Gasteiger charge is 2.15. The molecule has 1 aromatic heterocycles. The van der Waals surface area contributed by atoms with Crippen LogP contribution in [0.1, 0.15) is 35.2 Å². The highest BCUT2D eigenvalue weighted by atomic mass is 79.9. The number of halogens is 1. The Bertz CT molecular complexity index is 552. The molecule has 0 saturated heterocycles. The Morgan fingerprint density at radius 2 is 1.89 bits per heavy atom. The topological polar surface area (TPSA) is 29.9 Å². The fraction of sp³-hybridized carbons (Fsp3) is 0.400. The summed E-state index contributed by atoms with van der Waals surface area (Å²) in [5.74, 6) is 0. The van der Waals surface area contributed by atoms with Gasteiger partial charge in [-0.05, 0) is 44.5 Å². The zero-order valence-electron chi connectivity index (χ0n) is 11.9. The molecule has 0 aliphatic rings. The maximum Gasteiger partial charge on any atom is 0.0605 e. The Balaban J connectivity index is 2.42. The van der Waals surface area contributed by atoms with E-state index >= 15 is 0 Å². The van der Waals surface area contributed by atoms with Gasteiger partial charge in [-0.25, -0.2) is 0 Å². The van der Waals surface area contributed by atoms with E-state index in [1.54, 1.807) is 0 Å². The van der Waals surface area contributed by atoms with Crippen LogP contribution < -0.4 is 5.32 Å². The number of benzene rings is 1. The normalized spacial score (nSPS) is 12.7. The Morgan fingerprint density at radius 1 is 1.26 bits per heavy atom. The molecule has 0 fully saturated rings. The second kappa shape index (κ2) is 5.88. The molecular formula is C15H20BrN3. The highest BCUT2D eigenvalue weighted by Crippen LogP contribution is 2.28. The zero-order chi connectivity index (χ0) is 14.0. The van der Waals surface area contributed by atoms with Gasteiger partial charge < -0.3 is 5.32 Å². The van der Waals surface area contributed by atoms with Crippen molar-refractivity contribution in [3.05, 3.63) is 51.3 Å². The van der Waals surface area contributed by atoms with Crippen molar-refractivity contribution in [2.45, 2.75) is 33.4 Å². The second-order valence-electron chi connectivity index (χ2n) is 4.82. The third-order valence-electron chi connectivity index (χ3n) is 3.39. The summed E-state index contributed by atoms with van der Waals surface area (Å²) < 4.78 is 3.15. The molecule has 2 rings (SSSR count). The number of hydrogen-bond donors (Lipinski definition) is 1. The molecule has 0 bridgehead atoms. The molecule has 0 aliphatic heterocycles.